The lowest BCUT2D eigenvalue weighted by Gasteiger charge is -2.04. The van der Waals surface area contributed by atoms with Crippen molar-refractivity contribution in [2.24, 2.45) is 0 Å². The summed E-state index contributed by atoms with van der Waals surface area (Å²) in [6.45, 7) is 0. The van der Waals surface area contributed by atoms with Crippen molar-refractivity contribution in [2.45, 2.75) is 0 Å². The summed E-state index contributed by atoms with van der Waals surface area (Å²) in [7, 11) is 0. The molecule has 1 aromatic heterocycles. The predicted octanol–water partition coefficient (Wildman–Crippen LogP) is 4.11. The number of carbonyl (C=O) groups excluding carboxylic acids is 1. The molecule has 0 aliphatic heterocycles. The van der Waals surface area contributed by atoms with Gasteiger partial charge in [0.15, 0.2) is 0 Å². The van der Waals surface area contributed by atoms with E-state index in [0.29, 0.717) is 15.6 Å². The molecule has 2 rings (SSSR count). The molecule has 19 heavy (non-hydrogen) atoms. The first kappa shape index (κ1) is 14.0. The summed E-state index contributed by atoms with van der Waals surface area (Å²) in [6, 6.07) is 7.89. The molecule has 0 atom stereocenters. The van der Waals surface area contributed by atoms with E-state index in [0.717, 1.165) is 15.8 Å². The first-order chi connectivity index (χ1) is 8.97. The normalized spacial score (nSPS) is 10.2. The molecule has 0 aliphatic carbocycles. The van der Waals surface area contributed by atoms with Gasteiger partial charge in [0.1, 0.15) is 4.88 Å². The molecule has 2 aromatic rings. The predicted molar refractivity (Wildman–Crippen MR) is 78.4 cm³/mol. The van der Waals surface area contributed by atoms with Crippen molar-refractivity contribution in [3.63, 3.8) is 0 Å². The van der Waals surface area contributed by atoms with Gasteiger partial charge in [-0.05, 0) is 30.3 Å². The van der Waals surface area contributed by atoms with Gasteiger partial charge >= 0.3 is 5.97 Å². The van der Waals surface area contributed by atoms with Crippen LogP contribution in [0, 0.1) is 0 Å². The maximum atomic E-state index is 12.0. The number of hydrogen-bond donors (Lipinski definition) is 2. The lowest BCUT2D eigenvalue weighted by Crippen LogP contribution is -2.11. The van der Waals surface area contributed by atoms with Gasteiger partial charge in [-0.25, -0.2) is 4.79 Å². The van der Waals surface area contributed by atoms with Crippen LogP contribution in [0.1, 0.15) is 20.0 Å². The number of halogens is 2. The molecular formula is C12H7BrClNO3S. The highest BCUT2D eigenvalue weighted by molar-refractivity contribution is 9.10. The van der Waals surface area contributed by atoms with Crippen LogP contribution in [-0.2, 0) is 0 Å². The molecule has 1 heterocycles. The molecule has 0 saturated carbocycles. The third-order valence-corrected chi connectivity index (χ3v) is 4.02. The lowest BCUT2D eigenvalue weighted by molar-refractivity contribution is 0.0702. The van der Waals surface area contributed by atoms with Crippen LogP contribution in [-0.4, -0.2) is 17.0 Å². The molecule has 1 amide bonds. The van der Waals surface area contributed by atoms with Gasteiger partial charge in [-0.3, -0.25) is 4.79 Å². The Morgan fingerprint density at radius 3 is 2.58 bits per heavy atom. The number of anilines is 1. The van der Waals surface area contributed by atoms with Crippen LogP contribution in [0.2, 0.25) is 5.02 Å². The van der Waals surface area contributed by atoms with Crippen LogP contribution < -0.4 is 5.32 Å². The second-order valence-electron chi connectivity index (χ2n) is 3.55. The van der Waals surface area contributed by atoms with Crippen molar-refractivity contribution in [1.82, 2.24) is 0 Å². The van der Waals surface area contributed by atoms with E-state index < -0.39 is 5.97 Å². The summed E-state index contributed by atoms with van der Waals surface area (Å²) < 4.78 is 0.776. The van der Waals surface area contributed by atoms with E-state index >= 15 is 0 Å². The second kappa shape index (κ2) is 5.73. The number of carboxylic acid groups (broad SMARTS) is 1. The Labute approximate surface area is 126 Å². The maximum Gasteiger partial charge on any atom is 0.345 e. The summed E-state index contributed by atoms with van der Waals surface area (Å²) in [5.74, 6) is -1.40. The third kappa shape index (κ3) is 3.34. The van der Waals surface area contributed by atoms with E-state index in [1.165, 1.54) is 6.07 Å². The zero-order valence-electron chi connectivity index (χ0n) is 9.31. The number of benzene rings is 1. The average Bonchev–Trinajstić information content (AvgIpc) is 2.77. The number of hydrogen-bond acceptors (Lipinski definition) is 3. The van der Waals surface area contributed by atoms with E-state index in [4.69, 9.17) is 16.7 Å². The van der Waals surface area contributed by atoms with Gasteiger partial charge in [-0.2, -0.15) is 0 Å². The number of nitrogens with one attached hydrogen (secondary N) is 1. The second-order valence-corrected chi connectivity index (χ2v) is 5.95. The molecule has 0 aliphatic rings. The molecule has 1 aromatic carbocycles. The SMILES string of the molecule is O=C(O)c1ccc(NC(=O)c2ccc(Br)cc2Cl)s1. The monoisotopic (exact) mass is 359 g/mol. The topological polar surface area (TPSA) is 66.4 Å². The quantitative estimate of drug-likeness (QED) is 0.865. The fourth-order valence-electron chi connectivity index (χ4n) is 1.37. The first-order valence-corrected chi connectivity index (χ1v) is 7.05. The van der Waals surface area contributed by atoms with Crippen LogP contribution in [0.5, 0.6) is 0 Å². The summed E-state index contributed by atoms with van der Waals surface area (Å²) in [4.78, 5) is 22.9. The molecule has 2 N–H and O–H groups in total. The maximum absolute atomic E-state index is 12.0. The molecule has 0 spiro atoms. The number of carboxylic acids is 1. The van der Waals surface area contributed by atoms with E-state index in [-0.39, 0.29) is 10.8 Å². The molecule has 0 unspecified atom stereocenters. The minimum absolute atomic E-state index is 0.164. The highest BCUT2D eigenvalue weighted by Crippen LogP contribution is 2.25. The van der Waals surface area contributed by atoms with Crippen molar-refractivity contribution in [2.75, 3.05) is 5.32 Å². The Morgan fingerprint density at radius 1 is 1.26 bits per heavy atom. The Morgan fingerprint density at radius 2 is 2.00 bits per heavy atom. The number of thiophene rings is 1. The van der Waals surface area contributed by atoms with Crippen LogP contribution in [0.15, 0.2) is 34.8 Å². The van der Waals surface area contributed by atoms with Crippen molar-refractivity contribution >= 4 is 55.7 Å². The fourth-order valence-corrected chi connectivity index (χ4v) is 2.87. The molecule has 0 fully saturated rings. The van der Waals surface area contributed by atoms with Gasteiger partial charge < -0.3 is 10.4 Å². The van der Waals surface area contributed by atoms with Crippen molar-refractivity contribution < 1.29 is 14.7 Å². The van der Waals surface area contributed by atoms with Crippen LogP contribution in [0.25, 0.3) is 0 Å². The standard InChI is InChI=1S/C12H7BrClNO3S/c13-6-1-2-7(8(14)5-6)11(16)15-10-4-3-9(19-10)12(17)18/h1-5H,(H,15,16)(H,17,18). The highest BCUT2D eigenvalue weighted by Gasteiger charge is 2.13. The van der Waals surface area contributed by atoms with Gasteiger partial charge in [0.25, 0.3) is 5.91 Å². The smallest absolute Gasteiger partial charge is 0.345 e. The molecular weight excluding hydrogens is 354 g/mol. The Bertz CT molecular complexity index is 656. The minimum atomic E-state index is -1.02. The Hall–Kier alpha value is -1.37. The third-order valence-electron chi connectivity index (χ3n) is 2.23. The highest BCUT2D eigenvalue weighted by atomic mass is 79.9. The molecule has 7 heteroatoms. The fraction of sp³-hybridized carbons (Fsp3) is 0. The van der Waals surface area contributed by atoms with Gasteiger partial charge in [0.2, 0.25) is 0 Å². The molecule has 0 radical (unpaired) electrons. The van der Waals surface area contributed by atoms with E-state index in [1.54, 1.807) is 24.3 Å². The Balaban J connectivity index is 2.18. The van der Waals surface area contributed by atoms with Gasteiger partial charge in [-0.15, -0.1) is 11.3 Å². The van der Waals surface area contributed by atoms with Gasteiger partial charge in [0.05, 0.1) is 15.6 Å². The zero-order chi connectivity index (χ0) is 14.0. The number of aromatic carboxylic acids is 1. The first-order valence-electron chi connectivity index (χ1n) is 5.07. The largest absolute Gasteiger partial charge is 0.477 e. The van der Waals surface area contributed by atoms with E-state index in [9.17, 15) is 9.59 Å². The summed E-state index contributed by atoms with van der Waals surface area (Å²) in [5.41, 5.74) is 0.329. The molecule has 98 valence electrons. The van der Waals surface area contributed by atoms with Crippen LogP contribution in [0.3, 0.4) is 0 Å². The molecule has 0 saturated heterocycles. The van der Waals surface area contributed by atoms with Crippen molar-refractivity contribution in [3.05, 3.63) is 50.3 Å². The van der Waals surface area contributed by atoms with Crippen LogP contribution >= 0.6 is 38.9 Å². The minimum Gasteiger partial charge on any atom is -0.477 e. The summed E-state index contributed by atoms with van der Waals surface area (Å²) >= 11 is 10.2. The van der Waals surface area contributed by atoms with Crippen molar-refractivity contribution in [3.8, 4) is 0 Å². The summed E-state index contributed by atoms with van der Waals surface area (Å²) in [6.07, 6.45) is 0. The number of carbonyl (C=O) groups is 2. The Kier molecular flexibility index (Phi) is 4.24. The number of amides is 1. The zero-order valence-corrected chi connectivity index (χ0v) is 12.5. The van der Waals surface area contributed by atoms with Crippen molar-refractivity contribution in [1.29, 1.82) is 0 Å². The molecule has 4 nitrogen and oxygen atoms in total. The van der Waals surface area contributed by atoms with Crippen LogP contribution in [0.4, 0.5) is 5.00 Å². The average molecular weight is 361 g/mol. The number of rotatable bonds is 3. The van der Waals surface area contributed by atoms with E-state index in [2.05, 4.69) is 21.2 Å². The lowest BCUT2D eigenvalue weighted by atomic mass is 10.2. The molecule has 0 bridgehead atoms. The summed E-state index contributed by atoms with van der Waals surface area (Å²) in [5, 5.41) is 12.2. The van der Waals surface area contributed by atoms with E-state index in [1.807, 2.05) is 0 Å². The van der Waals surface area contributed by atoms with Gasteiger partial charge in [-0.1, -0.05) is 27.5 Å². The van der Waals surface area contributed by atoms with Gasteiger partial charge in [0, 0.05) is 4.47 Å².